The minimum absolute atomic E-state index is 1.08. The number of benzene rings is 11. The lowest BCUT2D eigenvalue weighted by atomic mass is 9.92. The Hall–Kier alpha value is -8.46. The molecule has 0 saturated heterocycles. The van der Waals surface area contributed by atoms with Gasteiger partial charge in [-0.25, -0.2) is 0 Å². The van der Waals surface area contributed by atoms with Crippen LogP contribution in [0.2, 0.25) is 0 Å². The number of hydrogen-bond donors (Lipinski definition) is 0. The van der Waals surface area contributed by atoms with Crippen LogP contribution in [-0.2, 0) is 0 Å². The largest absolute Gasteiger partial charge is 0.309 e. The molecule has 0 radical (unpaired) electrons. The number of para-hydroxylation sites is 3. The van der Waals surface area contributed by atoms with Gasteiger partial charge < -0.3 is 9.47 Å². The topological polar surface area (TPSA) is 8.17 Å². The predicted molar refractivity (Wildman–Crippen MR) is 272 cm³/mol. The average Bonchev–Trinajstić information content (AvgIpc) is 3.71. The molecule has 300 valence electrons. The van der Waals surface area contributed by atoms with Crippen molar-refractivity contribution in [3.05, 3.63) is 255 Å². The van der Waals surface area contributed by atoms with Crippen LogP contribution in [0.15, 0.2) is 255 Å². The molecule has 0 spiro atoms. The van der Waals surface area contributed by atoms with Crippen LogP contribution in [0.25, 0.3) is 93.5 Å². The second kappa shape index (κ2) is 15.8. The van der Waals surface area contributed by atoms with Crippen LogP contribution in [0.5, 0.6) is 0 Å². The molecule has 0 atom stereocenters. The van der Waals surface area contributed by atoms with Crippen LogP contribution in [0.1, 0.15) is 0 Å². The van der Waals surface area contributed by atoms with Crippen molar-refractivity contribution in [2.24, 2.45) is 0 Å². The van der Waals surface area contributed by atoms with Crippen molar-refractivity contribution in [2.75, 3.05) is 4.90 Å². The SMILES string of the molecule is c1ccc(-c2ccc(-c3ccc(N(c4ccc(-c5ccccc5-n5c6ccccc6c6ccccc65)c(-c5ccccc5)c4)c4cccc5ccccc45)c4ccccc34)cc2)cc1. The summed E-state index contributed by atoms with van der Waals surface area (Å²) in [6, 6.07) is 92.8. The van der Waals surface area contributed by atoms with Gasteiger partial charge in [-0.05, 0) is 92.2 Å². The molecular weight excluding hydrogens is 773 g/mol. The summed E-state index contributed by atoms with van der Waals surface area (Å²) in [5, 5.41) is 7.28. The van der Waals surface area contributed by atoms with Gasteiger partial charge in [0.1, 0.15) is 0 Å². The van der Waals surface area contributed by atoms with Crippen LogP contribution in [-0.4, -0.2) is 4.57 Å². The fraction of sp³-hybridized carbons (Fsp3) is 0. The molecule has 0 saturated carbocycles. The first-order valence-electron chi connectivity index (χ1n) is 22.0. The summed E-state index contributed by atoms with van der Waals surface area (Å²) in [4.78, 5) is 2.47. The lowest BCUT2D eigenvalue weighted by molar-refractivity contribution is 1.18. The first-order valence-corrected chi connectivity index (χ1v) is 22.0. The number of hydrogen-bond acceptors (Lipinski definition) is 1. The Labute approximate surface area is 373 Å². The van der Waals surface area contributed by atoms with E-state index < -0.39 is 0 Å². The van der Waals surface area contributed by atoms with E-state index >= 15 is 0 Å². The summed E-state index contributed by atoms with van der Waals surface area (Å²) in [6.45, 7) is 0. The molecule has 12 rings (SSSR count). The maximum Gasteiger partial charge on any atom is 0.0541 e. The van der Waals surface area contributed by atoms with Crippen molar-refractivity contribution < 1.29 is 0 Å². The first-order chi connectivity index (χ1) is 31.8. The number of rotatable bonds is 8. The fourth-order valence-corrected chi connectivity index (χ4v) is 9.86. The average molecular weight is 815 g/mol. The molecular formula is C62H42N2. The van der Waals surface area contributed by atoms with Gasteiger partial charge in [0.05, 0.1) is 28.1 Å². The Kier molecular flexibility index (Phi) is 9.20. The summed E-state index contributed by atoms with van der Waals surface area (Å²) in [5.74, 6) is 0. The van der Waals surface area contributed by atoms with Crippen molar-refractivity contribution in [1.29, 1.82) is 0 Å². The van der Waals surface area contributed by atoms with Gasteiger partial charge in [0.2, 0.25) is 0 Å². The zero-order valence-electron chi connectivity index (χ0n) is 35.1. The van der Waals surface area contributed by atoms with Crippen LogP contribution < -0.4 is 4.90 Å². The molecule has 0 amide bonds. The van der Waals surface area contributed by atoms with Crippen LogP contribution >= 0.6 is 0 Å². The third kappa shape index (κ3) is 6.35. The van der Waals surface area contributed by atoms with E-state index in [9.17, 15) is 0 Å². The van der Waals surface area contributed by atoms with Crippen molar-refractivity contribution >= 4 is 60.4 Å². The van der Waals surface area contributed by atoms with Gasteiger partial charge in [0.25, 0.3) is 0 Å². The molecule has 2 nitrogen and oxygen atoms in total. The zero-order chi connectivity index (χ0) is 42.4. The highest BCUT2D eigenvalue weighted by atomic mass is 15.1. The molecule has 1 aromatic heterocycles. The van der Waals surface area contributed by atoms with Gasteiger partial charge in [-0.2, -0.15) is 0 Å². The Balaban J connectivity index is 1.08. The van der Waals surface area contributed by atoms with Crippen LogP contribution in [0.4, 0.5) is 17.1 Å². The number of fused-ring (bicyclic) bond motifs is 5. The van der Waals surface area contributed by atoms with E-state index in [0.717, 1.165) is 33.9 Å². The van der Waals surface area contributed by atoms with Crippen molar-refractivity contribution in [1.82, 2.24) is 4.57 Å². The van der Waals surface area contributed by atoms with Gasteiger partial charge in [-0.1, -0.05) is 212 Å². The molecule has 2 heteroatoms. The molecule has 0 N–H and O–H groups in total. The summed E-state index contributed by atoms with van der Waals surface area (Å²) in [6.07, 6.45) is 0. The molecule has 0 unspecified atom stereocenters. The lowest BCUT2D eigenvalue weighted by Gasteiger charge is -2.30. The smallest absolute Gasteiger partial charge is 0.0541 e. The summed E-state index contributed by atoms with van der Waals surface area (Å²) >= 11 is 0. The molecule has 0 aliphatic heterocycles. The third-order valence-electron chi connectivity index (χ3n) is 12.8. The van der Waals surface area contributed by atoms with Gasteiger partial charge in [0.15, 0.2) is 0 Å². The normalized spacial score (nSPS) is 11.4. The Morgan fingerprint density at radius 2 is 0.766 bits per heavy atom. The summed E-state index contributed by atoms with van der Waals surface area (Å²) < 4.78 is 2.44. The molecule has 0 aliphatic rings. The van der Waals surface area contributed by atoms with Crippen LogP contribution in [0.3, 0.4) is 0 Å². The number of aromatic nitrogens is 1. The van der Waals surface area contributed by atoms with Crippen molar-refractivity contribution in [3.63, 3.8) is 0 Å². The summed E-state index contributed by atoms with van der Waals surface area (Å²) in [7, 11) is 0. The fourth-order valence-electron chi connectivity index (χ4n) is 9.86. The highest BCUT2D eigenvalue weighted by Gasteiger charge is 2.23. The first kappa shape index (κ1) is 37.3. The molecule has 12 aromatic rings. The van der Waals surface area contributed by atoms with Gasteiger partial charge in [0, 0.05) is 32.8 Å². The third-order valence-corrected chi connectivity index (χ3v) is 12.8. The lowest BCUT2D eigenvalue weighted by Crippen LogP contribution is -2.11. The second-order valence-electron chi connectivity index (χ2n) is 16.4. The maximum absolute atomic E-state index is 2.47. The Morgan fingerprint density at radius 3 is 1.50 bits per heavy atom. The molecule has 64 heavy (non-hydrogen) atoms. The minimum Gasteiger partial charge on any atom is -0.309 e. The standard InChI is InChI=1S/C62H42N2/c1-3-18-43(19-4-1)44-34-36-47(37-35-44)49-40-41-62(53-26-10-9-25-51(49)53)63(58-33-17-23-45-22-7-8-24-50(45)58)48-38-39-52(57(42-48)46-20-5-2-6-21-46)54-27-11-14-30-59(54)64-60-31-15-12-28-55(60)56-29-13-16-32-61(56)64/h1-42H. The highest BCUT2D eigenvalue weighted by Crippen LogP contribution is 2.47. The highest BCUT2D eigenvalue weighted by molar-refractivity contribution is 6.11. The summed E-state index contributed by atoms with van der Waals surface area (Å²) in [5.41, 5.74) is 16.4. The monoisotopic (exact) mass is 814 g/mol. The maximum atomic E-state index is 2.47. The van der Waals surface area contributed by atoms with Gasteiger partial charge in [-0.3, -0.25) is 0 Å². The van der Waals surface area contributed by atoms with E-state index in [4.69, 9.17) is 0 Å². The van der Waals surface area contributed by atoms with E-state index in [1.54, 1.807) is 0 Å². The second-order valence-corrected chi connectivity index (χ2v) is 16.4. The van der Waals surface area contributed by atoms with Gasteiger partial charge in [-0.15, -0.1) is 0 Å². The quantitative estimate of drug-likeness (QED) is 0.148. The van der Waals surface area contributed by atoms with E-state index in [2.05, 4.69) is 264 Å². The molecule has 11 aromatic carbocycles. The molecule has 0 bridgehead atoms. The molecule has 0 fully saturated rings. The van der Waals surface area contributed by atoms with E-state index in [0.29, 0.717) is 0 Å². The Bertz CT molecular complexity index is 3600. The number of nitrogens with zero attached hydrogens (tertiary/aromatic N) is 2. The van der Waals surface area contributed by atoms with E-state index in [-0.39, 0.29) is 0 Å². The van der Waals surface area contributed by atoms with Gasteiger partial charge >= 0.3 is 0 Å². The van der Waals surface area contributed by atoms with Crippen molar-refractivity contribution in [2.45, 2.75) is 0 Å². The molecule has 0 aliphatic carbocycles. The zero-order valence-corrected chi connectivity index (χ0v) is 35.1. The minimum atomic E-state index is 1.08. The van der Waals surface area contributed by atoms with Crippen molar-refractivity contribution in [3.8, 4) is 50.2 Å². The van der Waals surface area contributed by atoms with E-state index in [1.165, 1.54) is 76.7 Å². The molecule has 1 heterocycles. The number of anilines is 3. The van der Waals surface area contributed by atoms with E-state index in [1.807, 2.05) is 0 Å². The predicted octanol–water partition coefficient (Wildman–Crippen LogP) is 17.2. The van der Waals surface area contributed by atoms with Crippen LogP contribution in [0, 0.1) is 0 Å². The Morgan fingerprint density at radius 1 is 0.266 bits per heavy atom.